The van der Waals surface area contributed by atoms with Crippen LogP contribution in [-0.2, 0) is 14.4 Å². The lowest BCUT2D eigenvalue weighted by Crippen LogP contribution is -2.29. The highest BCUT2D eigenvalue weighted by Gasteiger charge is 2.39. The van der Waals surface area contributed by atoms with E-state index in [4.69, 9.17) is 59.1 Å². The number of hydrogen-bond donors (Lipinski definition) is 5. The number of aromatic nitrogens is 8. The van der Waals surface area contributed by atoms with Crippen LogP contribution in [0.4, 0.5) is 48.3 Å². The van der Waals surface area contributed by atoms with Crippen LogP contribution >= 0.6 is 0 Å². The van der Waals surface area contributed by atoms with Crippen molar-refractivity contribution in [1.82, 2.24) is 49.7 Å². The predicted octanol–water partition coefficient (Wildman–Crippen LogP) is 12.9. The summed E-state index contributed by atoms with van der Waals surface area (Å²) in [6.07, 6.45) is -4.09. The molecule has 0 radical (unpaired) electrons. The molecule has 0 spiro atoms. The number of hydrogen-bond acceptors (Lipinski definition) is 13. The van der Waals surface area contributed by atoms with Crippen molar-refractivity contribution in [2.24, 2.45) is 0 Å². The molecule has 0 saturated carbocycles. The van der Waals surface area contributed by atoms with E-state index in [9.17, 15) is 48.3 Å². The summed E-state index contributed by atoms with van der Waals surface area (Å²) in [6, 6.07) is 29.8. The summed E-state index contributed by atoms with van der Waals surface area (Å²) in [5, 5.41) is 28.2. The Bertz CT molecular complexity index is 3310. The average molecular weight is 1230 g/mol. The summed E-state index contributed by atoms with van der Waals surface area (Å²) in [5.74, 6) is -7.41. The number of benzene rings is 4. The Balaban J connectivity index is 0.000000210. The predicted molar refractivity (Wildman–Crippen MR) is 293 cm³/mol. The number of halogens is 11. The van der Waals surface area contributed by atoms with Crippen LogP contribution in [0.2, 0.25) is 0 Å². The number of ether oxygens (including phenoxy) is 2. The summed E-state index contributed by atoms with van der Waals surface area (Å²) in [6.45, 7) is 12.0. The molecule has 0 atom stereocenters. The van der Waals surface area contributed by atoms with E-state index in [-0.39, 0.29) is 23.7 Å². The van der Waals surface area contributed by atoms with Crippen LogP contribution in [0.3, 0.4) is 0 Å². The number of aryl methyl sites for hydroxylation is 4. The summed E-state index contributed by atoms with van der Waals surface area (Å²) < 4.78 is 139. The molecule has 4 aromatic carbocycles. The lowest BCUT2D eigenvalue weighted by atomic mass is 10.0. The van der Waals surface area contributed by atoms with Gasteiger partial charge in [0.25, 0.3) is 0 Å². The molecule has 0 bridgehead atoms. The molecule has 18 nitrogen and oxygen atoms in total. The molecule has 0 amide bonds. The monoisotopic (exact) mass is 1230 g/mol. The van der Waals surface area contributed by atoms with Crippen molar-refractivity contribution in [3.8, 4) is 68.8 Å². The molecule has 0 aliphatic carbocycles. The van der Waals surface area contributed by atoms with Crippen molar-refractivity contribution < 1.29 is 87.5 Å². The minimum Gasteiger partial charge on any atom is -0.475 e. The molecule has 5 N–H and O–H groups in total. The summed E-state index contributed by atoms with van der Waals surface area (Å²) in [7, 11) is 0. The van der Waals surface area contributed by atoms with Crippen molar-refractivity contribution in [3.05, 3.63) is 156 Å². The van der Waals surface area contributed by atoms with Gasteiger partial charge in [-0.2, -0.15) is 49.5 Å². The second-order valence-corrected chi connectivity index (χ2v) is 19.4. The summed E-state index contributed by atoms with van der Waals surface area (Å²) >= 11 is 0. The Morgan fingerprint density at radius 2 is 0.759 bits per heavy atom. The topological polar surface area (TPSA) is 242 Å². The smallest absolute Gasteiger partial charge is 0.475 e. The van der Waals surface area contributed by atoms with Crippen molar-refractivity contribution >= 4 is 17.9 Å². The standard InChI is InChI=1S/2C26H26FN5O.3C2HF3O2/c2*1-17-13-18(2)15-22(14-17)33-26-29-12-9-23(31-26)25-24(19-3-5-20(27)6-4-19)30-16-32(25)21-7-10-28-11-8-21;3*3-2(4,5)1(6)7/h2*3-6,9,12-16,21,28H,7-8,10-11H2,1-2H3;3*(H,6,7). The normalized spacial score (nSPS) is 13.6. The van der Waals surface area contributed by atoms with E-state index in [0.29, 0.717) is 23.6 Å². The largest absolute Gasteiger partial charge is 0.490 e. The fourth-order valence-corrected chi connectivity index (χ4v) is 8.83. The van der Waals surface area contributed by atoms with Gasteiger partial charge in [0.1, 0.15) is 23.1 Å². The highest BCUT2D eigenvalue weighted by molar-refractivity contribution is 5.78. The minimum atomic E-state index is -5.08. The third kappa shape index (κ3) is 19.8. The maximum absolute atomic E-state index is 13.6. The third-order valence-corrected chi connectivity index (χ3v) is 12.5. The Hall–Kier alpha value is -9.38. The van der Waals surface area contributed by atoms with Crippen molar-refractivity contribution in [3.63, 3.8) is 0 Å². The summed E-state index contributed by atoms with van der Waals surface area (Å²) in [4.78, 5) is 54.3. The molecule has 2 fully saturated rings. The highest BCUT2D eigenvalue weighted by Crippen LogP contribution is 2.38. The molecular formula is C58H55F11N10O8. The van der Waals surface area contributed by atoms with Gasteiger partial charge < -0.3 is 44.6 Å². The Kier molecular flexibility index (Phi) is 22.7. The molecule has 2 aliphatic heterocycles. The van der Waals surface area contributed by atoms with Crippen LogP contribution < -0.4 is 20.1 Å². The average Bonchev–Trinajstić information content (AvgIpc) is 1.85. The van der Waals surface area contributed by atoms with Crippen molar-refractivity contribution in [1.29, 1.82) is 0 Å². The number of nitrogens with zero attached hydrogens (tertiary/aromatic N) is 8. The number of rotatable bonds is 10. The number of piperidine rings is 2. The second-order valence-electron chi connectivity index (χ2n) is 19.4. The molecule has 8 aromatic rings. The van der Waals surface area contributed by atoms with E-state index < -0.39 is 36.4 Å². The zero-order valence-electron chi connectivity index (χ0n) is 46.5. The van der Waals surface area contributed by atoms with E-state index in [2.05, 4.69) is 41.9 Å². The third-order valence-electron chi connectivity index (χ3n) is 12.5. The van der Waals surface area contributed by atoms with E-state index in [1.54, 1.807) is 36.7 Å². The number of alkyl halides is 9. The Labute approximate surface area is 488 Å². The lowest BCUT2D eigenvalue weighted by molar-refractivity contribution is -0.193. The molecule has 462 valence electrons. The number of nitrogens with one attached hydrogen (secondary N) is 2. The van der Waals surface area contributed by atoms with Crippen LogP contribution in [0.5, 0.6) is 23.5 Å². The van der Waals surface area contributed by atoms with Crippen LogP contribution in [0, 0.1) is 39.3 Å². The molecule has 29 heteroatoms. The Morgan fingerprint density at radius 1 is 0.471 bits per heavy atom. The number of aliphatic carboxylic acids is 3. The van der Waals surface area contributed by atoms with E-state index in [1.807, 2.05) is 76.7 Å². The first-order valence-electron chi connectivity index (χ1n) is 26.1. The number of carboxylic acids is 3. The zero-order chi connectivity index (χ0) is 63.8. The lowest BCUT2D eigenvalue weighted by Gasteiger charge is -2.25. The maximum atomic E-state index is 13.6. The van der Waals surface area contributed by atoms with E-state index in [1.165, 1.54) is 24.3 Å². The van der Waals surface area contributed by atoms with Crippen molar-refractivity contribution in [2.45, 2.75) is 84.0 Å². The number of imidazole rings is 2. The molecule has 6 heterocycles. The van der Waals surface area contributed by atoms with Gasteiger partial charge in [0.2, 0.25) is 0 Å². The SMILES string of the molecule is Cc1cc(C)cc(Oc2nccc(-c3c(-c4ccc(F)cc4)ncn3C3CCNCC3)n2)c1.Cc1cc(C)cc(Oc2nccc(-c3c(-c4ccc(F)cc4)ncn3C3CCNCC3)n2)c1.O=C(O)C(F)(F)F.O=C(O)C(F)(F)F.O=C(O)C(F)(F)F. The van der Waals surface area contributed by atoms with Crippen LogP contribution in [0.1, 0.15) is 60.0 Å². The first kappa shape index (κ1) is 66.8. The van der Waals surface area contributed by atoms with Gasteiger partial charge in [-0.3, -0.25) is 0 Å². The minimum absolute atomic E-state index is 0.274. The molecular weight excluding hydrogens is 1170 g/mol. The first-order valence-corrected chi connectivity index (χ1v) is 26.1. The van der Waals surface area contributed by atoms with Crippen LogP contribution in [-0.4, -0.2) is 117 Å². The van der Waals surface area contributed by atoms with Gasteiger partial charge in [-0.15, -0.1) is 0 Å². The van der Waals surface area contributed by atoms with Gasteiger partial charge in [-0.05, 0) is 187 Å². The molecule has 87 heavy (non-hydrogen) atoms. The number of carboxylic acid groups (broad SMARTS) is 3. The highest BCUT2D eigenvalue weighted by atomic mass is 19.4. The van der Waals surface area contributed by atoms with Gasteiger partial charge in [-0.25, -0.2) is 43.1 Å². The van der Waals surface area contributed by atoms with Gasteiger partial charge in [0.05, 0.1) is 46.8 Å². The molecule has 10 rings (SSSR count). The molecule has 0 unspecified atom stereocenters. The molecule has 4 aromatic heterocycles. The van der Waals surface area contributed by atoms with Crippen molar-refractivity contribution in [2.75, 3.05) is 26.2 Å². The van der Waals surface area contributed by atoms with E-state index in [0.717, 1.165) is 119 Å². The maximum Gasteiger partial charge on any atom is 0.490 e. The Morgan fingerprint density at radius 3 is 1.03 bits per heavy atom. The van der Waals surface area contributed by atoms with Gasteiger partial charge >= 0.3 is 48.5 Å². The van der Waals surface area contributed by atoms with Gasteiger partial charge in [0.15, 0.2) is 0 Å². The first-order chi connectivity index (χ1) is 41.0. The quantitative estimate of drug-likeness (QED) is 0.0800. The van der Waals surface area contributed by atoms with Gasteiger partial charge in [-0.1, -0.05) is 12.1 Å². The van der Waals surface area contributed by atoms with Crippen LogP contribution in [0.25, 0.3) is 45.3 Å². The van der Waals surface area contributed by atoms with Crippen LogP contribution in [0.15, 0.2) is 122 Å². The molecule has 2 saturated heterocycles. The van der Waals surface area contributed by atoms with Gasteiger partial charge in [0, 0.05) is 35.6 Å². The fourth-order valence-electron chi connectivity index (χ4n) is 8.83. The summed E-state index contributed by atoms with van der Waals surface area (Å²) in [5.41, 5.74) is 10.9. The molecule has 2 aliphatic rings. The zero-order valence-corrected chi connectivity index (χ0v) is 46.5. The number of carbonyl (C=O) groups is 3. The fraction of sp³-hybridized carbons (Fsp3) is 0.293. The van der Waals surface area contributed by atoms with E-state index >= 15 is 0 Å². The second kappa shape index (κ2) is 29.6.